The molecule has 2 aromatic carbocycles. The number of hydrogen-bond acceptors (Lipinski definition) is 2. The van der Waals surface area contributed by atoms with Gasteiger partial charge in [0.25, 0.3) is 5.91 Å². The molecular weight excluding hydrogens is 331 g/mol. The highest BCUT2D eigenvalue weighted by atomic mass is 35.5. The normalized spacial score (nSPS) is 17.3. The van der Waals surface area contributed by atoms with Crippen molar-refractivity contribution in [2.45, 2.75) is 13.3 Å². The Morgan fingerprint density at radius 1 is 1.17 bits per heavy atom. The van der Waals surface area contributed by atoms with Gasteiger partial charge in [-0.15, -0.1) is 0 Å². The number of carbonyl (C=O) groups is 1. The summed E-state index contributed by atoms with van der Waals surface area (Å²) in [5.74, 6) is 0.472. The number of nitrogens with zero attached hydrogens (tertiary/aromatic N) is 1. The molecule has 1 saturated heterocycles. The van der Waals surface area contributed by atoms with Crippen molar-refractivity contribution in [3.05, 3.63) is 58.1 Å². The van der Waals surface area contributed by atoms with E-state index in [0.717, 1.165) is 24.7 Å². The molecule has 1 amide bonds. The van der Waals surface area contributed by atoms with Gasteiger partial charge < -0.3 is 10.2 Å². The molecule has 2 aromatic rings. The maximum absolute atomic E-state index is 12.3. The van der Waals surface area contributed by atoms with Gasteiger partial charge in [0.2, 0.25) is 0 Å². The summed E-state index contributed by atoms with van der Waals surface area (Å²) >= 11 is 12.0. The number of carbonyl (C=O) groups excluding carboxylic acids is 1. The molecule has 5 heteroatoms. The lowest BCUT2D eigenvalue weighted by Gasteiger charge is -2.18. The second-order valence-electron chi connectivity index (χ2n) is 5.97. The third kappa shape index (κ3) is 3.80. The summed E-state index contributed by atoms with van der Waals surface area (Å²) in [6, 6.07) is 12.7. The molecule has 1 aliphatic heterocycles. The Bertz CT molecular complexity index is 715. The van der Waals surface area contributed by atoms with Crippen LogP contribution in [0.4, 0.5) is 11.4 Å². The first-order valence-corrected chi connectivity index (χ1v) is 8.40. The van der Waals surface area contributed by atoms with Crippen LogP contribution < -0.4 is 10.2 Å². The lowest BCUT2D eigenvalue weighted by atomic mass is 10.2. The average molecular weight is 349 g/mol. The first-order chi connectivity index (χ1) is 11.0. The van der Waals surface area contributed by atoms with Crippen LogP contribution in [0.2, 0.25) is 10.0 Å². The number of nitrogens with one attached hydrogen (secondary N) is 1. The fourth-order valence-corrected chi connectivity index (χ4v) is 3.17. The van der Waals surface area contributed by atoms with E-state index in [-0.39, 0.29) is 5.91 Å². The molecular formula is C18H18Cl2N2O. The zero-order chi connectivity index (χ0) is 16.4. The number of rotatable bonds is 3. The van der Waals surface area contributed by atoms with Crippen LogP contribution in [0, 0.1) is 5.92 Å². The Hall–Kier alpha value is -1.71. The Morgan fingerprint density at radius 2 is 1.91 bits per heavy atom. The smallest absolute Gasteiger partial charge is 0.257 e. The van der Waals surface area contributed by atoms with Gasteiger partial charge in [-0.1, -0.05) is 30.1 Å². The van der Waals surface area contributed by atoms with E-state index >= 15 is 0 Å². The predicted molar refractivity (Wildman–Crippen MR) is 96.9 cm³/mol. The van der Waals surface area contributed by atoms with E-state index < -0.39 is 0 Å². The summed E-state index contributed by atoms with van der Waals surface area (Å²) in [5, 5.41) is 3.72. The minimum Gasteiger partial charge on any atom is -0.371 e. The van der Waals surface area contributed by atoms with Crippen molar-refractivity contribution in [1.82, 2.24) is 0 Å². The molecule has 1 aliphatic rings. The highest BCUT2D eigenvalue weighted by Crippen LogP contribution is 2.26. The van der Waals surface area contributed by atoms with E-state index in [1.807, 2.05) is 24.3 Å². The van der Waals surface area contributed by atoms with Gasteiger partial charge in [0.1, 0.15) is 0 Å². The minimum absolute atomic E-state index is 0.264. The van der Waals surface area contributed by atoms with Crippen LogP contribution in [0.5, 0.6) is 0 Å². The maximum Gasteiger partial charge on any atom is 0.257 e. The third-order valence-electron chi connectivity index (χ3n) is 4.09. The molecule has 120 valence electrons. The van der Waals surface area contributed by atoms with E-state index in [4.69, 9.17) is 23.2 Å². The van der Waals surface area contributed by atoms with E-state index in [9.17, 15) is 4.79 Å². The van der Waals surface area contributed by atoms with Crippen molar-refractivity contribution in [3.8, 4) is 0 Å². The van der Waals surface area contributed by atoms with Crippen LogP contribution in [-0.4, -0.2) is 19.0 Å². The average Bonchev–Trinajstić information content (AvgIpc) is 2.97. The SMILES string of the molecule is CC1CCN(c2ccc(NC(=O)c3cc(Cl)ccc3Cl)cc2)C1. The quantitative estimate of drug-likeness (QED) is 0.837. The fraction of sp³-hybridized carbons (Fsp3) is 0.278. The second kappa shape index (κ2) is 6.81. The van der Waals surface area contributed by atoms with E-state index in [0.29, 0.717) is 15.6 Å². The molecule has 0 aromatic heterocycles. The van der Waals surface area contributed by atoms with Crippen LogP contribution in [0.15, 0.2) is 42.5 Å². The van der Waals surface area contributed by atoms with Crippen molar-refractivity contribution in [2.24, 2.45) is 5.92 Å². The fourth-order valence-electron chi connectivity index (χ4n) is 2.80. The van der Waals surface area contributed by atoms with Gasteiger partial charge in [0.05, 0.1) is 10.6 Å². The molecule has 1 unspecified atom stereocenters. The van der Waals surface area contributed by atoms with Gasteiger partial charge in [-0.25, -0.2) is 0 Å². The van der Waals surface area contributed by atoms with Gasteiger partial charge in [-0.2, -0.15) is 0 Å². The van der Waals surface area contributed by atoms with Crippen LogP contribution in [-0.2, 0) is 0 Å². The first kappa shape index (κ1) is 16.2. The predicted octanol–water partition coefficient (Wildman–Crippen LogP) is 5.09. The summed E-state index contributed by atoms with van der Waals surface area (Å²) in [6.45, 7) is 4.44. The molecule has 1 heterocycles. The van der Waals surface area contributed by atoms with Gasteiger partial charge in [-0.3, -0.25) is 4.79 Å². The topological polar surface area (TPSA) is 32.3 Å². The summed E-state index contributed by atoms with van der Waals surface area (Å²) in [5.41, 5.74) is 2.30. The summed E-state index contributed by atoms with van der Waals surface area (Å²) < 4.78 is 0. The van der Waals surface area contributed by atoms with Crippen LogP contribution >= 0.6 is 23.2 Å². The van der Waals surface area contributed by atoms with Crippen LogP contribution in [0.3, 0.4) is 0 Å². The van der Waals surface area contributed by atoms with Crippen molar-refractivity contribution in [1.29, 1.82) is 0 Å². The lowest BCUT2D eigenvalue weighted by Crippen LogP contribution is -2.19. The second-order valence-corrected chi connectivity index (χ2v) is 6.81. The highest BCUT2D eigenvalue weighted by molar-refractivity contribution is 6.36. The molecule has 3 rings (SSSR count). The van der Waals surface area contributed by atoms with Crippen LogP contribution in [0.25, 0.3) is 0 Å². The number of anilines is 2. The number of benzene rings is 2. The van der Waals surface area contributed by atoms with Crippen LogP contribution in [0.1, 0.15) is 23.7 Å². The Balaban J connectivity index is 1.70. The molecule has 1 atom stereocenters. The first-order valence-electron chi connectivity index (χ1n) is 7.64. The summed E-state index contributed by atoms with van der Waals surface area (Å²) in [7, 11) is 0. The van der Waals surface area contributed by atoms with Gasteiger partial charge in [-0.05, 0) is 54.8 Å². The minimum atomic E-state index is -0.264. The Labute approximate surface area is 146 Å². The van der Waals surface area contributed by atoms with Crippen molar-refractivity contribution >= 4 is 40.5 Å². The van der Waals surface area contributed by atoms with Crippen molar-refractivity contribution < 1.29 is 4.79 Å². The maximum atomic E-state index is 12.3. The molecule has 3 nitrogen and oxygen atoms in total. The van der Waals surface area contributed by atoms with E-state index in [2.05, 4.69) is 17.1 Å². The largest absolute Gasteiger partial charge is 0.371 e. The monoisotopic (exact) mass is 348 g/mol. The van der Waals surface area contributed by atoms with E-state index in [1.54, 1.807) is 18.2 Å². The zero-order valence-electron chi connectivity index (χ0n) is 12.9. The van der Waals surface area contributed by atoms with Gasteiger partial charge >= 0.3 is 0 Å². The third-order valence-corrected chi connectivity index (χ3v) is 4.65. The molecule has 0 aliphatic carbocycles. The molecule has 1 fully saturated rings. The summed E-state index contributed by atoms with van der Waals surface area (Å²) in [6.07, 6.45) is 1.23. The lowest BCUT2D eigenvalue weighted by molar-refractivity contribution is 0.102. The molecule has 0 saturated carbocycles. The van der Waals surface area contributed by atoms with E-state index in [1.165, 1.54) is 12.1 Å². The molecule has 0 radical (unpaired) electrons. The highest BCUT2D eigenvalue weighted by Gasteiger charge is 2.18. The standard InChI is InChI=1S/C18H18Cl2N2O/c1-12-8-9-22(11-12)15-5-3-14(4-6-15)21-18(23)16-10-13(19)2-7-17(16)20/h2-7,10,12H,8-9,11H2,1H3,(H,21,23). The zero-order valence-corrected chi connectivity index (χ0v) is 14.4. The Kier molecular flexibility index (Phi) is 4.79. The number of amides is 1. The molecule has 23 heavy (non-hydrogen) atoms. The molecule has 1 N–H and O–H groups in total. The van der Waals surface area contributed by atoms with Crippen molar-refractivity contribution in [3.63, 3.8) is 0 Å². The summed E-state index contributed by atoms with van der Waals surface area (Å²) in [4.78, 5) is 14.7. The van der Waals surface area contributed by atoms with Crippen molar-refractivity contribution in [2.75, 3.05) is 23.3 Å². The Morgan fingerprint density at radius 3 is 2.57 bits per heavy atom. The molecule has 0 spiro atoms. The number of hydrogen-bond donors (Lipinski definition) is 1. The van der Waals surface area contributed by atoms with Gasteiger partial charge in [0, 0.05) is 29.5 Å². The van der Waals surface area contributed by atoms with Gasteiger partial charge in [0.15, 0.2) is 0 Å². The number of halogens is 2. The molecule has 0 bridgehead atoms.